The fourth-order valence-corrected chi connectivity index (χ4v) is 1.85. The molecule has 1 N–H and O–H groups in total. The van der Waals surface area contributed by atoms with Gasteiger partial charge in [-0.2, -0.15) is 0 Å². The Morgan fingerprint density at radius 3 is 2.68 bits per heavy atom. The van der Waals surface area contributed by atoms with Crippen LogP contribution in [-0.2, 0) is 16.0 Å². The first kappa shape index (κ1) is 15.6. The molecule has 0 unspecified atom stereocenters. The Labute approximate surface area is 114 Å². The molecule has 0 radical (unpaired) electrons. The van der Waals surface area contributed by atoms with Crippen molar-refractivity contribution in [2.75, 3.05) is 20.2 Å². The Balaban J connectivity index is 1.97. The van der Waals surface area contributed by atoms with Gasteiger partial charge in [0.05, 0.1) is 7.11 Å². The van der Waals surface area contributed by atoms with E-state index >= 15 is 0 Å². The van der Waals surface area contributed by atoms with Crippen LogP contribution in [0, 0.1) is 5.82 Å². The number of esters is 1. The second-order valence-corrected chi connectivity index (χ2v) is 4.48. The van der Waals surface area contributed by atoms with Crippen LogP contribution in [-0.4, -0.2) is 26.2 Å². The van der Waals surface area contributed by atoms with Gasteiger partial charge in [-0.3, -0.25) is 4.79 Å². The summed E-state index contributed by atoms with van der Waals surface area (Å²) in [4.78, 5) is 10.9. The maximum absolute atomic E-state index is 13.3. The standard InChI is InChI=1S/C15H22FNO2/c1-19-15(18)10-4-5-11-17-12-6-8-13-7-2-3-9-14(13)16/h2-3,7,9,17H,4-6,8,10-12H2,1H3. The first-order valence-electron chi connectivity index (χ1n) is 6.75. The first-order chi connectivity index (χ1) is 9.24. The fraction of sp³-hybridized carbons (Fsp3) is 0.533. The molecule has 0 bridgehead atoms. The molecule has 1 rings (SSSR count). The molecule has 19 heavy (non-hydrogen) atoms. The lowest BCUT2D eigenvalue weighted by Gasteiger charge is -2.05. The Hall–Kier alpha value is -1.42. The van der Waals surface area contributed by atoms with Crippen molar-refractivity contribution in [3.8, 4) is 0 Å². The fourth-order valence-electron chi connectivity index (χ4n) is 1.85. The van der Waals surface area contributed by atoms with Crippen LogP contribution in [0.2, 0.25) is 0 Å². The summed E-state index contributed by atoms with van der Waals surface area (Å²) in [6.45, 7) is 1.75. The quantitative estimate of drug-likeness (QED) is 0.552. The van der Waals surface area contributed by atoms with Crippen molar-refractivity contribution in [3.63, 3.8) is 0 Å². The normalized spacial score (nSPS) is 10.4. The largest absolute Gasteiger partial charge is 0.469 e. The van der Waals surface area contributed by atoms with Crippen LogP contribution in [0.1, 0.15) is 31.2 Å². The van der Waals surface area contributed by atoms with Gasteiger partial charge in [-0.05, 0) is 50.4 Å². The number of benzene rings is 1. The molecule has 0 amide bonds. The van der Waals surface area contributed by atoms with Gasteiger partial charge in [-0.1, -0.05) is 18.2 Å². The molecule has 0 heterocycles. The van der Waals surface area contributed by atoms with E-state index in [-0.39, 0.29) is 11.8 Å². The number of methoxy groups -OCH3 is 1. The number of nitrogens with one attached hydrogen (secondary N) is 1. The highest BCUT2D eigenvalue weighted by molar-refractivity contribution is 5.68. The maximum Gasteiger partial charge on any atom is 0.305 e. The summed E-state index contributed by atoms with van der Waals surface area (Å²) >= 11 is 0. The predicted molar refractivity (Wildman–Crippen MR) is 73.5 cm³/mol. The molecule has 0 saturated carbocycles. The van der Waals surface area contributed by atoms with E-state index < -0.39 is 0 Å². The van der Waals surface area contributed by atoms with E-state index in [4.69, 9.17) is 0 Å². The molecule has 0 aromatic heterocycles. The minimum atomic E-state index is -0.153. The molecule has 0 aliphatic carbocycles. The molecule has 1 aromatic rings. The van der Waals surface area contributed by atoms with Gasteiger partial charge in [0.15, 0.2) is 0 Å². The summed E-state index contributed by atoms with van der Waals surface area (Å²) < 4.78 is 17.9. The topological polar surface area (TPSA) is 38.3 Å². The van der Waals surface area contributed by atoms with Gasteiger partial charge in [-0.25, -0.2) is 4.39 Å². The van der Waals surface area contributed by atoms with Crippen molar-refractivity contribution >= 4 is 5.97 Å². The van der Waals surface area contributed by atoms with Crippen LogP contribution in [0.15, 0.2) is 24.3 Å². The van der Waals surface area contributed by atoms with Crippen molar-refractivity contribution in [2.24, 2.45) is 0 Å². The molecule has 1 aromatic carbocycles. The number of halogens is 1. The molecule has 4 heteroatoms. The highest BCUT2D eigenvalue weighted by Gasteiger charge is 2.00. The number of hydrogen-bond donors (Lipinski definition) is 1. The smallest absolute Gasteiger partial charge is 0.305 e. The van der Waals surface area contributed by atoms with E-state index in [1.54, 1.807) is 6.07 Å². The molecule has 0 aliphatic heterocycles. The molecule has 0 aliphatic rings. The Morgan fingerprint density at radius 1 is 1.21 bits per heavy atom. The molecular weight excluding hydrogens is 245 g/mol. The van der Waals surface area contributed by atoms with Crippen LogP contribution in [0.3, 0.4) is 0 Å². The summed E-state index contributed by atoms with van der Waals surface area (Å²) in [7, 11) is 1.41. The van der Waals surface area contributed by atoms with Crippen LogP contribution in [0.5, 0.6) is 0 Å². The average molecular weight is 267 g/mol. The Bertz CT molecular complexity index is 382. The second-order valence-electron chi connectivity index (χ2n) is 4.48. The summed E-state index contributed by atoms with van der Waals surface area (Å²) in [5, 5.41) is 3.29. The number of unbranched alkanes of at least 4 members (excludes halogenated alkanes) is 1. The molecular formula is C15H22FNO2. The Kier molecular flexibility index (Phi) is 7.82. The molecule has 0 spiro atoms. The monoisotopic (exact) mass is 267 g/mol. The zero-order valence-corrected chi connectivity index (χ0v) is 11.5. The van der Waals surface area contributed by atoms with E-state index in [1.165, 1.54) is 13.2 Å². The van der Waals surface area contributed by atoms with Crippen LogP contribution in [0.25, 0.3) is 0 Å². The van der Waals surface area contributed by atoms with Gasteiger partial charge in [0.2, 0.25) is 0 Å². The SMILES string of the molecule is COC(=O)CCCCNCCCc1ccccc1F. The van der Waals surface area contributed by atoms with Crippen molar-refractivity contribution in [3.05, 3.63) is 35.6 Å². The minimum Gasteiger partial charge on any atom is -0.469 e. The lowest BCUT2D eigenvalue weighted by molar-refractivity contribution is -0.140. The molecule has 0 fully saturated rings. The van der Waals surface area contributed by atoms with Crippen molar-refractivity contribution in [1.29, 1.82) is 0 Å². The van der Waals surface area contributed by atoms with Gasteiger partial charge in [-0.15, -0.1) is 0 Å². The van der Waals surface area contributed by atoms with Gasteiger partial charge >= 0.3 is 5.97 Å². The second kappa shape index (κ2) is 9.50. The van der Waals surface area contributed by atoms with E-state index in [2.05, 4.69) is 10.1 Å². The third-order valence-corrected chi connectivity index (χ3v) is 2.97. The number of ether oxygens (including phenoxy) is 1. The van der Waals surface area contributed by atoms with Crippen molar-refractivity contribution in [1.82, 2.24) is 5.32 Å². The number of carbonyl (C=O) groups is 1. The van der Waals surface area contributed by atoms with E-state index in [0.29, 0.717) is 6.42 Å². The molecule has 106 valence electrons. The van der Waals surface area contributed by atoms with Crippen molar-refractivity contribution < 1.29 is 13.9 Å². The highest BCUT2D eigenvalue weighted by Crippen LogP contribution is 2.08. The minimum absolute atomic E-state index is 0.124. The van der Waals surface area contributed by atoms with Gasteiger partial charge in [0, 0.05) is 6.42 Å². The van der Waals surface area contributed by atoms with E-state index in [0.717, 1.165) is 44.3 Å². The number of hydrogen-bond acceptors (Lipinski definition) is 3. The maximum atomic E-state index is 13.3. The van der Waals surface area contributed by atoms with Crippen LogP contribution < -0.4 is 5.32 Å². The zero-order chi connectivity index (χ0) is 13.9. The third-order valence-electron chi connectivity index (χ3n) is 2.97. The van der Waals surface area contributed by atoms with Crippen molar-refractivity contribution in [2.45, 2.75) is 32.1 Å². The van der Waals surface area contributed by atoms with E-state index in [9.17, 15) is 9.18 Å². The number of rotatable bonds is 9. The lowest BCUT2D eigenvalue weighted by atomic mass is 10.1. The molecule has 0 saturated heterocycles. The van der Waals surface area contributed by atoms with Gasteiger partial charge in [0.25, 0.3) is 0 Å². The Morgan fingerprint density at radius 2 is 1.95 bits per heavy atom. The summed E-state index contributed by atoms with van der Waals surface area (Å²) in [5.74, 6) is -0.278. The molecule has 0 atom stereocenters. The summed E-state index contributed by atoms with van der Waals surface area (Å²) in [6.07, 6.45) is 3.94. The third kappa shape index (κ3) is 6.91. The van der Waals surface area contributed by atoms with Gasteiger partial charge in [0.1, 0.15) is 5.82 Å². The summed E-state index contributed by atoms with van der Waals surface area (Å²) in [5.41, 5.74) is 0.773. The zero-order valence-electron chi connectivity index (χ0n) is 11.5. The lowest BCUT2D eigenvalue weighted by Crippen LogP contribution is -2.17. The molecule has 3 nitrogen and oxygen atoms in total. The average Bonchev–Trinajstić information content (AvgIpc) is 2.43. The predicted octanol–water partition coefficient (Wildman–Crippen LogP) is 2.69. The van der Waals surface area contributed by atoms with Crippen LogP contribution in [0.4, 0.5) is 4.39 Å². The van der Waals surface area contributed by atoms with Crippen LogP contribution >= 0.6 is 0 Å². The van der Waals surface area contributed by atoms with E-state index in [1.807, 2.05) is 12.1 Å². The first-order valence-corrected chi connectivity index (χ1v) is 6.75. The van der Waals surface area contributed by atoms with Gasteiger partial charge < -0.3 is 10.1 Å². The summed E-state index contributed by atoms with van der Waals surface area (Å²) in [6, 6.07) is 6.89. The number of aryl methyl sites for hydroxylation is 1. The highest BCUT2D eigenvalue weighted by atomic mass is 19.1. The number of carbonyl (C=O) groups excluding carboxylic acids is 1.